The van der Waals surface area contributed by atoms with Crippen molar-refractivity contribution in [2.45, 2.75) is 37.6 Å². The molecule has 148 valence electrons. The highest BCUT2D eigenvalue weighted by molar-refractivity contribution is 8.00. The van der Waals surface area contributed by atoms with Crippen molar-refractivity contribution in [3.63, 3.8) is 0 Å². The molecule has 0 fully saturated rings. The first-order valence-corrected chi connectivity index (χ1v) is 10.3. The maximum absolute atomic E-state index is 13.2. The Labute approximate surface area is 175 Å². The molecule has 0 aliphatic heterocycles. The minimum absolute atomic E-state index is 0.0624. The van der Waals surface area contributed by atoms with Gasteiger partial charge in [0.1, 0.15) is 5.82 Å². The minimum atomic E-state index is -0.387. The minimum Gasteiger partial charge on any atom is -0.310 e. The molecule has 1 atom stereocenters. The van der Waals surface area contributed by atoms with Crippen LogP contribution in [0.4, 0.5) is 5.69 Å². The molecule has 1 aromatic heterocycles. The van der Waals surface area contributed by atoms with Crippen LogP contribution in [0, 0.1) is 25.2 Å². The van der Waals surface area contributed by atoms with E-state index >= 15 is 0 Å². The number of aryl methyl sites for hydroxylation is 2. The number of hydrogen-bond acceptors (Lipinski definition) is 5. The van der Waals surface area contributed by atoms with Crippen LogP contribution < -0.4 is 4.90 Å². The molecule has 0 saturated carbocycles. The fourth-order valence-electron chi connectivity index (χ4n) is 2.97. The van der Waals surface area contributed by atoms with E-state index in [0.29, 0.717) is 11.7 Å². The highest BCUT2D eigenvalue weighted by atomic mass is 32.2. The lowest BCUT2D eigenvalue weighted by atomic mass is 10.2. The number of benzene rings is 2. The van der Waals surface area contributed by atoms with Crippen LogP contribution in [0.3, 0.4) is 0 Å². The van der Waals surface area contributed by atoms with Crippen LogP contribution in [0.15, 0.2) is 59.8 Å². The number of hydrogen-bond donors (Lipinski definition) is 0. The molecular weight excluding hydrogens is 382 g/mol. The van der Waals surface area contributed by atoms with Crippen LogP contribution in [0.2, 0.25) is 0 Å². The van der Waals surface area contributed by atoms with Gasteiger partial charge in [0.05, 0.1) is 17.7 Å². The smallest absolute Gasteiger partial charge is 0.240 e. The molecule has 0 aliphatic carbocycles. The second-order valence-electron chi connectivity index (χ2n) is 6.69. The first-order chi connectivity index (χ1) is 14.0. The molecule has 1 heterocycles. The Hall–Kier alpha value is -3.11. The normalized spacial score (nSPS) is 11.7. The Balaban J connectivity index is 1.84. The summed E-state index contributed by atoms with van der Waals surface area (Å²) in [4.78, 5) is 14.9. The molecule has 3 rings (SSSR count). The van der Waals surface area contributed by atoms with E-state index in [2.05, 4.69) is 16.3 Å². The molecular formula is C22H23N5OS. The molecule has 0 radical (unpaired) electrons. The number of amides is 1. The fourth-order valence-corrected chi connectivity index (χ4v) is 3.95. The molecule has 2 aromatic carbocycles. The SMILES string of the molecule is Cc1ccc(-n2c(C)nnc2SC(C)C(=O)N(CCC#N)c2ccccc2)cc1. The van der Waals surface area contributed by atoms with E-state index in [1.807, 2.05) is 79.9 Å². The summed E-state index contributed by atoms with van der Waals surface area (Å²) in [5.74, 6) is 0.702. The van der Waals surface area contributed by atoms with Crippen LogP contribution in [0.25, 0.3) is 5.69 Å². The summed E-state index contributed by atoms with van der Waals surface area (Å²) >= 11 is 1.37. The number of nitrogens with zero attached hydrogens (tertiary/aromatic N) is 5. The average molecular weight is 406 g/mol. The van der Waals surface area contributed by atoms with Crippen molar-refractivity contribution >= 4 is 23.4 Å². The van der Waals surface area contributed by atoms with Gasteiger partial charge in [-0.3, -0.25) is 9.36 Å². The second-order valence-corrected chi connectivity index (χ2v) is 8.00. The Morgan fingerprint density at radius 3 is 2.48 bits per heavy atom. The van der Waals surface area contributed by atoms with Crippen molar-refractivity contribution in [3.05, 3.63) is 66.0 Å². The predicted molar refractivity (Wildman–Crippen MR) is 115 cm³/mol. The Morgan fingerprint density at radius 1 is 1.14 bits per heavy atom. The third-order valence-corrected chi connectivity index (χ3v) is 5.53. The molecule has 7 heteroatoms. The number of para-hydroxylation sites is 1. The highest BCUT2D eigenvalue weighted by Crippen LogP contribution is 2.28. The van der Waals surface area contributed by atoms with Gasteiger partial charge in [0.25, 0.3) is 0 Å². The van der Waals surface area contributed by atoms with E-state index in [9.17, 15) is 4.79 Å². The lowest BCUT2D eigenvalue weighted by molar-refractivity contribution is -0.117. The molecule has 0 N–H and O–H groups in total. The van der Waals surface area contributed by atoms with E-state index in [0.717, 1.165) is 17.2 Å². The summed E-state index contributed by atoms with van der Waals surface area (Å²) in [7, 11) is 0. The van der Waals surface area contributed by atoms with Gasteiger partial charge < -0.3 is 4.90 Å². The lowest BCUT2D eigenvalue weighted by Crippen LogP contribution is -2.37. The third-order valence-electron chi connectivity index (χ3n) is 4.50. The summed E-state index contributed by atoms with van der Waals surface area (Å²) in [6, 6.07) is 19.7. The highest BCUT2D eigenvalue weighted by Gasteiger charge is 2.25. The maximum Gasteiger partial charge on any atom is 0.240 e. The Bertz CT molecular complexity index is 1010. The molecule has 3 aromatic rings. The van der Waals surface area contributed by atoms with Crippen molar-refractivity contribution in [1.82, 2.24) is 14.8 Å². The zero-order valence-corrected chi connectivity index (χ0v) is 17.6. The van der Waals surface area contributed by atoms with Crippen molar-refractivity contribution in [2.75, 3.05) is 11.4 Å². The second kappa shape index (κ2) is 9.39. The molecule has 6 nitrogen and oxygen atoms in total. The number of nitriles is 1. The largest absolute Gasteiger partial charge is 0.310 e. The van der Waals surface area contributed by atoms with Gasteiger partial charge in [0.2, 0.25) is 5.91 Å². The zero-order valence-electron chi connectivity index (χ0n) is 16.7. The van der Waals surface area contributed by atoms with Crippen molar-refractivity contribution in [1.29, 1.82) is 5.26 Å². The van der Waals surface area contributed by atoms with Crippen LogP contribution in [0.5, 0.6) is 0 Å². The fraction of sp³-hybridized carbons (Fsp3) is 0.273. The number of thioether (sulfide) groups is 1. The van der Waals surface area contributed by atoms with E-state index in [4.69, 9.17) is 5.26 Å². The van der Waals surface area contributed by atoms with E-state index in [1.165, 1.54) is 17.3 Å². The van der Waals surface area contributed by atoms with Gasteiger partial charge >= 0.3 is 0 Å². The summed E-state index contributed by atoms with van der Waals surface area (Å²) in [6.45, 7) is 6.15. The monoisotopic (exact) mass is 405 g/mol. The summed E-state index contributed by atoms with van der Waals surface area (Å²) < 4.78 is 1.95. The van der Waals surface area contributed by atoms with Gasteiger partial charge in [-0.2, -0.15) is 5.26 Å². The standard InChI is InChI=1S/C22H23N5OS/c1-16-10-12-20(13-11-16)27-18(3)24-25-22(27)29-17(2)21(28)26(15-7-14-23)19-8-5-4-6-9-19/h4-6,8-13,17H,7,15H2,1-3H3. The number of rotatable bonds is 7. The number of anilines is 1. The predicted octanol–water partition coefficient (Wildman–Crippen LogP) is 4.31. The summed E-state index contributed by atoms with van der Waals surface area (Å²) in [5.41, 5.74) is 2.93. The van der Waals surface area contributed by atoms with Crippen molar-refractivity contribution < 1.29 is 4.79 Å². The van der Waals surface area contributed by atoms with Gasteiger partial charge in [0.15, 0.2) is 5.16 Å². The topological polar surface area (TPSA) is 74.8 Å². The first kappa shape index (κ1) is 20.6. The van der Waals surface area contributed by atoms with Gasteiger partial charge in [0, 0.05) is 17.9 Å². The number of aromatic nitrogens is 3. The molecule has 0 saturated heterocycles. The summed E-state index contributed by atoms with van der Waals surface area (Å²) in [6.07, 6.45) is 0.274. The lowest BCUT2D eigenvalue weighted by Gasteiger charge is -2.24. The Morgan fingerprint density at radius 2 is 1.83 bits per heavy atom. The van der Waals surface area contributed by atoms with E-state index in [-0.39, 0.29) is 17.6 Å². The van der Waals surface area contributed by atoms with Crippen LogP contribution >= 0.6 is 11.8 Å². The molecule has 0 bridgehead atoms. The van der Waals surface area contributed by atoms with Crippen LogP contribution in [-0.2, 0) is 4.79 Å². The molecule has 1 unspecified atom stereocenters. The van der Waals surface area contributed by atoms with Gasteiger partial charge in [-0.25, -0.2) is 0 Å². The number of carbonyl (C=O) groups excluding carboxylic acids is 1. The first-order valence-electron chi connectivity index (χ1n) is 9.40. The summed E-state index contributed by atoms with van der Waals surface area (Å²) in [5, 5.41) is 17.8. The molecule has 1 amide bonds. The van der Waals surface area contributed by atoms with Crippen molar-refractivity contribution in [2.24, 2.45) is 0 Å². The van der Waals surface area contributed by atoms with Gasteiger partial charge in [-0.05, 0) is 45.0 Å². The van der Waals surface area contributed by atoms with Crippen LogP contribution in [-0.4, -0.2) is 32.5 Å². The maximum atomic E-state index is 13.2. The number of carbonyl (C=O) groups is 1. The molecule has 29 heavy (non-hydrogen) atoms. The molecule has 0 aliphatic rings. The average Bonchev–Trinajstić information content (AvgIpc) is 3.09. The van der Waals surface area contributed by atoms with Gasteiger partial charge in [-0.15, -0.1) is 10.2 Å². The zero-order chi connectivity index (χ0) is 20.8. The Kier molecular flexibility index (Phi) is 6.68. The van der Waals surface area contributed by atoms with E-state index in [1.54, 1.807) is 4.90 Å². The third kappa shape index (κ3) is 4.84. The van der Waals surface area contributed by atoms with Crippen LogP contribution in [0.1, 0.15) is 24.7 Å². The molecule has 0 spiro atoms. The van der Waals surface area contributed by atoms with Crippen molar-refractivity contribution in [3.8, 4) is 11.8 Å². The van der Waals surface area contributed by atoms with Gasteiger partial charge in [-0.1, -0.05) is 47.7 Å². The quantitative estimate of drug-likeness (QED) is 0.548. The van der Waals surface area contributed by atoms with E-state index < -0.39 is 0 Å².